The lowest BCUT2D eigenvalue weighted by Crippen LogP contribution is -2.22. The van der Waals surface area contributed by atoms with Gasteiger partial charge in [0.1, 0.15) is 11.6 Å². The van der Waals surface area contributed by atoms with Crippen LogP contribution in [0.4, 0.5) is 24.7 Å². The SMILES string of the molecule is CC.CC(C)Cc1nc(NCCc2ccc(F)cc2)c(N)c(-c2ccc(C(=O)NCc3ccc(F)c(F)c3)s2)c1C(N)=O. The van der Waals surface area contributed by atoms with Crippen LogP contribution in [0.5, 0.6) is 0 Å². The largest absolute Gasteiger partial charge is 0.395 e. The maximum absolute atomic E-state index is 13.5. The van der Waals surface area contributed by atoms with Crippen LogP contribution >= 0.6 is 11.3 Å². The molecule has 2 aromatic carbocycles. The summed E-state index contributed by atoms with van der Waals surface area (Å²) in [5.41, 5.74) is 15.0. The first-order valence-electron chi connectivity index (χ1n) is 14.0. The second-order valence-electron chi connectivity index (χ2n) is 9.93. The number of nitrogen functional groups attached to an aromatic ring is 1. The van der Waals surface area contributed by atoms with Crippen LogP contribution in [0.2, 0.25) is 0 Å². The van der Waals surface area contributed by atoms with Crippen LogP contribution in [0.25, 0.3) is 10.4 Å². The maximum Gasteiger partial charge on any atom is 0.261 e. The van der Waals surface area contributed by atoms with Crippen LogP contribution in [-0.4, -0.2) is 23.3 Å². The number of carbonyl (C=O) groups is 2. The molecule has 43 heavy (non-hydrogen) atoms. The molecule has 0 aliphatic carbocycles. The van der Waals surface area contributed by atoms with Gasteiger partial charge in [0.2, 0.25) is 0 Å². The van der Waals surface area contributed by atoms with Crippen molar-refractivity contribution in [3.63, 3.8) is 0 Å². The van der Waals surface area contributed by atoms with Crippen LogP contribution < -0.4 is 22.1 Å². The molecule has 4 rings (SSSR count). The lowest BCUT2D eigenvalue weighted by molar-refractivity contribution is 0.0953. The Bertz CT molecular complexity index is 1570. The Morgan fingerprint density at radius 1 is 0.953 bits per heavy atom. The second-order valence-corrected chi connectivity index (χ2v) is 11.0. The van der Waals surface area contributed by atoms with Gasteiger partial charge in [-0.25, -0.2) is 18.2 Å². The Labute approximate surface area is 253 Å². The molecule has 0 aliphatic heterocycles. The van der Waals surface area contributed by atoms with Crippen LogP contribution in [0.15, 0.2) is 54.6 Å². The smallest absolute Gasteiger partial charge is 0.261 e. The highest BCUT2D eigenvalue weighted by molar-refractivity contribution is 7.17. The predicted octanol–water partition coefficient (Wildman–Crippen LogP) is 6.72. The molecule has 7 nitrogen and oxygen atoms in total. The molecule has 0 saturated carbocycles. The van der Waals surface area contributed by atoms with Gasteiger partial charge in [-0.05, 0) is 66.3 Å². The van der Waals surface area contributed by atoms with E-state index in [0.717, 1.165) is 29.0 Å². The maximum atomic E-state index is 13.5. The molecule has 0 radical (unpaired) electrons. The molecule has 2 aromatic heterocycles. The van der Waals surface area contributed by atoms with Crippen molar-refractivity contribution < 1.29 is 22.8 Å². The van der Waals surface area contributed by atoms with Crippen molar-refractivity contribution in [1.29, 1.82) is 0 Å². The van der Waals surface area contributed by atoms with Crippen molar-refractivity contribution in [2.75, 3.05) is 17.6 Å². The zero-order chi connectivity index (χ0) is 31.7. The highest BCUT2D eigenvalue weighted by Crippen LogP contribution is 2.40. The zero-order valence-electron chi connectivity index (χ0n) is 24.6. The molecular weight excluding hydrogens is 575 g/mol. The predicted molar refractivity (Wildman–Crippen MR) is 166 cm³/mol. The average Bonchev–Trinajstić information content (AvgIpc) is 3.46. The number of amides is 2. The lowest BCUT2D eigenvalue weighted by Gasteiger charge is -2.19. The summed E-state index contributed by atoms with van der Waals surface area (Å²) in [5.74, 6) is -2.87. The van der Waals surface area contributed by atoms with Crippen LogP contribution in [0, 0.1) is 23.4 Å². The fourth-order valence-electron chi connectivity index (χ4n) is 4.33. The van der Waals surface area contributed by atoms with E-state index in [1.54, 1.807) is 24.3 Å². The van der Waals surface area contributed by atoms with Gasteiger partial charge in [-0.15, -0.1) is 11.3 Å². The minimum Gasteiger partial charge on any atom is -0.395 e. The molecule has 228 valence electrons. The van der Waals surface area contributed by atoms with Gasteiger partial charge >= 0.3 is 0 Å². The van der Waals surface area contributed by atoms with Gasteiger partial charge in [-0.1, -0.05) is 45.9 Å². The molecule has 2 amide bonds. The summed E-state index contributed by atoms with van der Waals surface area (Å²) in [6.45, 7) is 8.42. The number of rotatable bonds is 11. The van der Waals surface area contributed by atoms with Crippen molar-refractivity contribution in [2.24, 2.45) is 11.7 Å². The van der Waals surface area contributed by atoms with E-state index in [1.807, 2.05) is 27.7 Å². The Morgan fingerprint density at radius 3 is 2.26 bits per heavy atom. The van der Waals surface area contributed by atoms with Crippen molar-refractivity contribution in [2.45, 2.75) is 47.1 Å². The second kappa shape index (κ2) is 15.2. The number of carbonyl (C=O) groups excluding carboxylic acids is 2. The summed E-state index contributed by atoms with van der Waals surface area (Å²) in [6, 6.07) is 12.9. The van der Waals surface area contributed by atoms with Crippen molar-refractivity contribution >= 4 is 34.7 Å². The number of aromatic nitrogens is 1. The number of thiophene rings is 1. The number of primary amides is 1. The first kappa shape index (κ1) is 33.1. The van der Waals surface area contributed by atoms with Crippen LogP contribution in [0.3, 0.4) is 0 Å². The van der Waals surface area contributed by atoms with E-state index < -0.39 is 23.4 Å². The molecule has 0 atom stereocenters. The normalized spacial score (nSPS) is 10.7. The van der Waals surface area contributed by atoms with Crippen molar-refractivity contribution in [1.82, 2.24) is 10.3 Å². The van der Waals surface area contributed by atoms with Crippen LogP contribution in [-0.2, 0) is 19.4 Å². The number of anilines is 2. The molecule has 2 heterocycles. The first-order valence-corrected chi connectivity index (χ1v) is 14.8. The summed E-state index contributed by atoms with van der Waals surface area (Å²) < 4.78 is 40.0. The monoisotopic (exact) mass is 611 g/mol. The fraction of sp³-hybridized carbons (Fsp3) is 0.281. The minimum absolute atomic E-state index is 0.00609. The van der Waals surface area contributed by atoms with Gasteiger partial charge in [-0.3, -0.25) is 9.59 Å². The van der Waals surface area contributed by atoms with E-state index in [1.165, 1.54) is 18.2 Å². The van der Waals surface area contributed by atoms with Crippen molar-refractivity contribution in [3.05, 3.63) is 99.3 Å². The highest BCUT2D eigenvalue weighted by Gasteiger charge is 2.25. The highest BCUT2D eigenvalue weighted by atomic mass is 32.1. The quantitative estimate of drug-likeness (QED) is 0.150. The number of hydrogen-bond acceptors (Lipinski definition) is 6. The van der Waals surface area contributed by atoms with E-state index in [0.29, 0.717) is 51.8 Å². The Morgan fingerprint density at radius 2 is 1.63 bits per heavy atom. The van der Waals surface area contributed by atoms with Crippen molar-refractivity contribution in [3.8, 4) is 10.4 Å². The summed E-state index contributed by atoms with van der Waals surface area (Å²) in [4.78, 5) is 31.1. The molecule has 0 bridgehead atoms. The third kappa shape index (κ3) is 8.57. The standard InChI is InChI=1S/C30H30F3N5O2S.C2H6/c1-16(2)13-22-25(28(35)39)26(27(34)29(38-22)36-12-11-17-3-6-19(31)7-4-17)23-9-10-24(41-23)30(40)37-15-18-5-8-20(32)21(33)14-18;1-2/h3-10,14,16H,11-13,15,34H2,1-2H3,(H2,35,39)(H,36,38)(H,37,40);1-2H3. The zero-order valence-corrected chi connectivity index (χ0v) is 25.4. The molecule has 0 unspecified atom stereocenters. The Hall–Kier alpha value is -4.38. The molecule has 11 heteroatoms. The van der Waals surface area contributed by atoms with E-state index >= 15 is 0 Å². The molecule has 0 fully saturated rings. The molecule has 6 N–H and O–H groups in total. The number of nitrogens with two attached hydrogens (primary N) is 2. The summed E-state index contributed by atoms with van der Waals surface area (Å²) in [7, 11) is 0. The lowest BCUT2D eigenvalue weighted by atomic mass is 9.96. The number of hydrogen-bond donors (Lipinski definition) is 4. The summed E-state index contributed by atoms with van der Waals surface area (Å²) in [6.07, 6.45) is 1.04. The van der Waals surface area contributed by atoms with E-state index in [4.69, 9.17) is 11.5 Å². The van der Waals surface area contributed by atoms with E-state index in [2.05, 4.69) is 15.6 Å². The average molecular weight is 612 g/mol. The Balaban J connectivity index is 0.00000248. The summed E-state index contributed by atoms with van der Waals surface area (Å²) in [5, 5.41) is 5.91. The Kier molecular flexibility index (Phi) is 11.7. The third-order valence-corrected chi connectivity index (χ3v) is 7.39. The number of pyridine rings is 1. The van der Waals surface area contributed by atoms with Gasteiger partial charge in [0.15, 0.2) is 11.6 Å². The fourth-order valence-corrected chi connectivity index (χ4v) is 5.32. The van der Waals surface area contributed by atoms with E-state index in [9.17, 15) is 22.8 Å². The molecule has 0 saturated heterocycles. The molecule has 0 aliphatic rings. The molecular formula is C32H36F3N5O2S. The molecule has 4 aromatic rings. The first-order chi connectivity index (χ1) is 20.5. The van der Waals surface area contributed by atoms with Gasteiger partial charge in [-0.2, -0.15) is 0 Å². The van der Waals surface area contributed by atoms with Gasteiger partial charge in [0.25, 0.3) is 11.8 Å². The number of halogens is 3. The molecule has 0 spiro atoms. The van der Waals surface area contributed by atoms with Gasteiger partial charge < -0.3 is 22.1 Å². The topological polar surface area (TPSA) is 123 Å². The van der Waals surface area contributed by atoms with Gasteiger partial charge in [0.05, 0.1) is 21.8 Å². The minimum atomic E-state index is -0.999. The van der Waals surface area contributed by atoms with E-state index in [-0.39, 0.29) is 29.5 Å². The van der Waals surface area contributed by atoms with Crippen LogP contribution in [0.1, 0.15) is 64.5 Å². The number of benzene rings is 2. The number of nitrogens with zero attached hydrogens (tertiary/aromatic N) is 1. The number of nitrogens with one attached hydrogen (secondary N) is 2. The van der Waals surface area contributed by atoms with Gasteiger partial charge in [0, 0.05) is 23.5 Å². The third-order valence-electron chi connectivity index (χ3n) is 6.29. The summed E-state index contributed by atoms with van der Waals surface area (Å²) >= 11 is 1.11.